The van der Waals surface area contributed by atoms with E-state index in [1.807, 2.05) is 12.1 Å². The van der Waals surface area contributed by atoms with Gasteiger partial charge in [-0.1, -0.05) is 0 Å². The van der Waals surface area contributed by atoms with Gasteiger partial charge in [-0.3, -0.25) is 0 Å². The average molecular weight is 322 g/mol. The third-order valence-electron chi connectivity index (χ3n) is 4.80. The number of H-pyrrole nitrogens is 1. The fraction of sp³-hybridized carbons (Fsp3) is 0.389. The maximum absolute atomic E-state index is 4.85. The molecule has 1 aliphatic heterocycles. The first-order valence-electron chi connectivity index (χ1n) is 8.45. The molecule has 24 heavy (non-hydrogen) atoms. The van der Waals surface area contributed by atoms with Crippen molar-refractivity contribution in [3.63, 3.8) is 0 Å². The molecule has 124 valence electrons. The molecule has 1 fully saturated rings. The van der Waals surface area contributed by atoms with Crippen LogP contribution in [-0.2, 0) is 6.54 Å². The summed E-state index contributed by atoms with van der Waals surface area (Å²) in [5.74, 6) is 1.48. The molecule has 6 heteroatoms. The van der Waals surface area contributed by atoms with Gasteiger partial charge in [0.25, 0.3) is 0 Å². The topological polar surface area (TPSA) is 69.7 Å². The average Bonchev–Trinajstić information content (AvgIpc) is 3.05. The van der Waals surface area contributed by atoms with Gasteiger partial charge < -0.3 is 15.2 Å². The fourth-order valence-electron chi connectivity index (χ4n) is 3.35. The molecule has 1 aliphatic rings. The molecule has 2 N–H and O–H groups in total. The van der Waals surface area contributed by atoms with E-state index in [0.717, 1.165) is 35.6 Å². The fourth-order valence-corrected chi connectivity index (χ4v) is 3.35. The number of aromatic amines is 1. The van der Waals surface area contributed by atoms with E-state index in [4.69, 9.17) is 4.98 Å². The van der Waals surface area contributed by atoms with Crippen LogP contribution in [0.15, 0.2) is 36.9 Å². The molecule has 0 amide bonds. The van der Waals surface area contributed by atoms with Crippen LogP contribution < -0.4 is 5.32 Å². The Morgan fingerprint density at radius 1 is 1.25 bits per heavy atom. The maximum atomic E-state index is 4.85. The summed E-state index contributed by atoms with van der Waals surface area (Å²) in [6.45, 7) is 2.96. The van der Waals surface area contributed by atoms with Gasteiger partial charge in [0.05, 0.1) is 23.3 Å². The molecule has 0 atom stereocenters. The van der Waals surface area contributed by atoms with Crippen molar-refractivity contribution in [1.82, 2.24) is 24.8 Å². The number of hydrogen-bond acceptors (Lipinski definition) is 5. The number of hydrogen-bond donors (Lipinski definition) is 2. The predicted octanol–water partition coefficient (Wildman–Crippen LogP) is 2.77. The second-order valence-electron chi connectivity index (χ2n) is 6.47. The van der Waals surface area contributed by atoms with E-state index in [0.29, 0.717) is 12.5 Å². The number of likely N-dealkylation sites (tertiary alicyclic amines) is 1. The molecule has 3 aromatic rings. The van der Waals surface area contributed by atoms with Crippen LogP contribution in [0.25, 0.3) is 11.0 Å². The summed E-state index contributed by atoms with van der Waals surface area (Å²) in [4.78, 5) is 18.8. The lowest BCUT2D eigenvalue weighted by Crippen LogP contribution is -2.29. The zero-order valence-electron chi connectivity index (χ0n) is 13.9. The molecule has 0 bridgehead atoms. The number of nitrogens with one attached hydrogen (secondary N) is 2. The first-order chi connectivity index (χ1) is 11.8. The Morgan fingerprint density at radius 3 is 2.92 bits per heavy atom. The van der Waals surface area contributed by atoms with E-state index in [1.54, 1.807) is 12.5 Å². The Morgan fingerprint density at radius 2 is 2.12 bits per heavy atom. The molecule has 1 saturated heterocycles. The molecular weight excluding hydrogens is 300 g/mol. The minimum atomic E-state index is 0.597. The SMILES string of the molecule is CN1CCC(c2c[nH]c3ccc(NCc4ccncn4)nc23)CC1. The van der Waals surface area contributed by atoms with E-state index in [2.05, 4.69) is 44.5 Å². The van der Waals surface area contributed by atoms with Crippen LogP contribution in [0, 0.1) is 0 Å². The van der Waals surface area contributed by atoms with E-state index in [-0.39, 0.29) is 0 Å². The van der Waals surface area contributed by atoms with Gasteiger partial charge in [0.2, 0.25) is 0 Å². The third kappa shape index (κ3) is 3.10. The van der Waals surface area contributed by atoms with Crippen molar-refractivity contribution < 1.29 is 0 Å². The second-order valence-corrected chi connectivity index (χ2v) is 6.47. The number of rotatable bonds is 4. The summed E-state index contributed by atoms with van der Waals surface area (Å²) < 4.78 is 0. The van der Waals surface area contributed by atoms with Crippen molar-refractivity contribution in [3.8, 4) is 0 Å². The third-order valence-corrected chi connectivity index (χ3v) is 4.80. The highest BCUT2D eigenvalue weighted by atomic mass is 15.1. The minimum absolute atomic E-state index is 0.597. The summed E-state index contributed by atoms with van der Waals surface area (Å²) in [5, 5.41) is 3.36. The van der Waals surface area contributed by atoms with Crippen molar-refractivity contribution in [1.29, 1.82) is 0 Å². The van der Waals surface area contributed by atoms with Crippen molar-refractivity contribution >= 4 is 16.9 Å². The molecule has 4 heterocycles. The van der Waals surface area contributed by atoms with E-state index >= 15 is 0 Å². The maximum Gasteiger partial charge on any atom is 0.127 e. The lowest BCUT2D eigenvalue weighted by Gasteiger charge is -2.28. The number of nitrogens with zero attached hydrogens (tertiary/aromatic N) is 4. The number of anilines is 1. The number of pyridine rings is 1. The smallest absolute Gasteiger partial charge is 0.127 e. The predicted molar refractivity (Wildman–Crippen MR) is 94.9 cm³/mol. The van der Waals surface area contributed by atoms with Crippen LogP contribution in [0.1, 0.15) is 30.0 Å². The van der Waals surface area contributed by atoms with Crippen LogP contribution in [0.4, 0.5) is 5.82 Å². The first-order valence-corrected chi connectivity index (χ1v) is 8.45. The Kier molecular flexibility index (Phi) is 4.13. The lowest BCUT2D eigenvalue weighted by molar-refractivity contribution is 0.256. The normalized spacial score (nSPS) is 16.5. The van der Waals surface area contributed by atoms with Crippen LogP contribution in [0.2, 0.25) is 0 Å². The van der Waals surface area contributed by atoms with Crippen LogP contribution in [0.3, 0.4) is 0 Å². The summed E-state index contributed by atoms with van der Waals surface area (Å²) in [6, 6.07) is 6.02. The van der Waals surface area contributed by atoms with Crippen molar-refractivity contribution in [3.05, 3.63) is 48.2 Å². The van der Waals surface area contributed by atoms with Gasteiger partial charge in [0, 0.05) is 12.4 Å². The van der Waals surface area contributed by atoms with Gasteiger partial charge in [0.1, 0.15) is 12.1 Å². The minimum Gasteiger partial charge on any atom is -0.364 e. The van der Waals surface area contributed by atoms with Gasteiger partial charge in [-0.15, -0.1) is 0 Å². The van der Waals surface area contributed by atoms with Crippen LogP contribution in [0.5, 0.6) is 0 Å². The molecular formula is C18H22N6. The molecule has 0 radical (unpaired) electrons. The number of aromatic nitrogens is 4. The van der Waals surface area contributed by atoms with Crippen molar-refractivity contribution in [2.75, 3.05) is 25.5 Å². The molecule has 0 aromatic carbocycles. The summed E-state index contributed by atoms with van der Waals surface area (Å²) in [7, 11) is 2.19. The molecule has 4 rings (SSSR count). The second kappa shape index (κ2) is 6.57. The summed E-state index contributed by atoms with van der Waals surface area (Å²) >= 11 is 0. The molecule has 6 nitrogen and oxygen atoms in total. The highest BCUT2D eigenvalue weighted by Crippen LogP contribution is 2.32. The quantitative estimate of drug-likeness (QED) is 0.773. The Hall–Kier alpha value is -2.47. The standard InChI is InChI=1S/C18H22N6/c1-24-8-5-13(6-9-24)15-11-20-16-2-3-17(23-18(15)16)21-10-14-4-7-19-12-22-14/h2-4,7,11-13,20H,5-6,8-10H2,1H3,(H,21,23). The van der Waals surface area contributed by atoms with Crippen molar-refractivity contribution in [2.45, 2.75) is 25.3 Å². The van der Waals surface area contributed by atoms with E-state index in [9.17, 15) is 0 Å². The number of piperidine rings is 1. The summed E-state index contributed by atoms with van der Waals surface area (Å²) in [5.41, 5.74) is 4.51. The van der Waals surface area contributed by atoms with Gasteiger partial charge >= 0.3 is 0 Å². The zero-order valence-corrected chi connectivity index (χ0v) is 13.9. The van der Waals surface area contributed by atoms with Crippen LogP contribution in [-0.4, -0.2) is 45.0 Å². The zero-order chi connectivity index (χ0) is 16.4. The molecule has 0 aliphatic carbocycles. The molecule has 0 spiro atoms. The van der Waals surface area contributed by atoms with Gasteiger partial charge in [0.15, 0.2) is 0 Å². The van der Waals surface area contributed by atoms with E-state index in [1.165, 1.54) is 18.4 Å². The highest BCUT2D eigenvalue weighted by molar-refractivity contribution is 5.81. The Bertz CT molecular complexity index is 805. The first kappa shape index (κ1) is 15.1. The lowest BCUT2D eigenvalue weighted by atomic mass is 9.91. The van der Waals surface area contributed by atoms with Crippen molar-refractivity contribution in [2.24, 2.45) is 0 Å². The van der Waals surface area contributed by atoms with Gasteiger partial charge in [-0.25, -0.2) is 15.0 Å². The molecule has 3 aromatic heterocycles. The molecule has 0 saturated carbocycles. The van der Waals surface area contributed by atoms with Crippen LogP contribution >= 0.6 is 0 Å². The summed E-state index contributed by atoms with van der Waals surface area (Å²) in [6.07, 6.45) is 7.86. The molecule has 0 unspecified atom stereocenters. The van der Waals surface area contributed by atoms with Gasteiger partial charge in [-0.2, -0.15) is 0 Å². The Balaban J connectivity index is 1.54. The Labute approximate surface area is 141 Å². The van der Waals surface area contributed by atoms with Gasteiger partial charge in [-0.05, 0) is 62.7 Å². The van der Waals surface area contributed by atoms with E-state index < -0.39 is 0 Å². The highest BCUT2D eigenvalue weighted by Gasteiger charge is 2.21. The number of fused-ring (bicyclic) bond motifs is 1. The monoisotopic (exact) mass is 322 g/mol. The largest absolute Gasteiger partial charge is 0.364 e.